The summed E-state index contributed by atoms with van der Waals surface area (Å²) in [5, 5.41) is 2.58. The molecule has 10 heteroatoms. The number of halogens is 3. The zero-order valence-corrected chi connectivity index (χ0v) is 20.4. The molecule has 1 atom stereocenters. The number of nitrogens with one attached hydrogen (secondary N) is 1. The highest BCUT2D eigenvalue weighted by Crippen LogP contribution is 2.39. The summed E-state index contributed by atoms with van der Waals surface area (Å²) in [6, 6.07) is 8.85. The molecule has 0 unspecified atom stereocenters. The number of benzene rings is 2. The van der Waals surface area contributed by atoms with Gasteiger partial charge in [0.25, 0.3) is 5.91 Å². The number of nitrogens with zero attached hydrogens (tertiary/aromatic N) is 2. The second kappa shape index (κ2) is 10.5. The average molecular weight is 505 g/mol. The number of primary amides is 1. The lowest BCUT2D eigenvalue weighted by atomic mass is 9.89. The molecular formula is C26H31F3N4O3. The van der Waals surface area contributed by atoms with Gasteiger partial charge in [0.15, 0.2) is 0 Å². The van der Waals surface area contributed by atoms with Gasteiger partial charge in [-0.15, -0.1) is 0 Å². The summed E-state index contributed by atoms with van der Waals surface area (Å²) in [6.45, 7) is 4.81. The lowest BCUT2D eigenvalue weighted by molar-refractivity contribution is -0.139. The number of carbonyl (C=O) groups excluding carboxylic acids is 2. The molecule has 194 valence electrons. The molecule has 3 N–H and O–H groups in total. The molecule has 0 saturated carbocycles. The smallest absolute Gasteiger partial charge is 0.420 e. The molecule has 36 heavy (non-hydrogen) atoms. The van der Waals surface area contributed by atoms with Crippen LogP contribution in [0.4, 0.5) is 18.9 Å². The normalized spacial score (nSPS) is 19.5. The maximum Gasteiger partial charge on any atom is 0.420 e. The number of alkyl halides is 3. The van der Waals surface area contributed by atoms with Crippen molar-refractivity contribution in [3.8, 4) is 5.75 Å². The molecule has 0 spiro atoms. The highest BCUT2D eigenvalue weighted by Gasteiger charge is 2.36. The number of rotatable bonds is 6. The van der Waals surface area contributed by atoms with Crippen LogP contribution in [0.5, 0.6) is 5.75 Å². The zero-order chi connectivity index (χ0) is 26.0. The van der Waals surface area contributed by atoms with E-state index in [1.807, 2.05) is 24.9 Å². The van der Waals surface area contributed by atoms with E-state index in [1.165, 1.54) is 12.1 Å². The molecule has 2 aromatic rings. The number of ether oxygens (including phenoxy) is 1. The van der Waals surface area contributed by atoms with Crippen LogP contribution in [-0.4, -0.2) is 60.9 Å². The van der Waals surface area contributed by atoms with Crippen LogP contribution in [0.1, 0.15) is 52.7 Å². The molecule has 2 aliphatic heterocycles. The number of piperidine rings is 1. The first-order valence-corrected chi connectivity index (χ1v) is 12.0. The number of anilines is 1. The summed E-state index contributed by atoms with van der Waals surface area (Å²) in [5.41, 5.74) is 6.73. The molecule has 7 nitrogen and oxygen atoms in total. The van der Waals surface area contributed by atoms with Crippen LogP contribution in [0.15, 0.2) is 36.4 Å². The fourth-order valence-corrected chi connectivity index (χ4v) is 4.91. The van der Waals surface area contributed by atoms with Crippen molar-refractivity contribution in [2.45, 2.75) is 44.5 Å². The fourth-order valence-electron chi connectivity index (χ4n) is 4.91. The van der Waals surface area contributed by atoms with Gasteiger partial charge in [-0.1, -0.05) is 13.0 Å². The summed E-state index contributed by atoms with van der Waals surface area (Å²) in [4.78, 5) is 28.3. The van der Waals surface area contributed by atoms with Gasteiger partial charge in [-0.05, 0) is 67.3 Å². The summed E-state index contributed by atoms with van der Waals surface area (Å²) < 4.78 is 47.2. The molecule has 2 aliphatic rings. The molecule has 1 fully saturated rings. The molecule has 2 heterocycles. The monoisotopic (exact) mass is 504 g/mol. The minimum absolute atomic E-state index is 0.0319. The number of hydrogen-bond donors (Lipinski definition) is 2. The van der Waals surface area contributed by atoms with Crippen molar-refractivity contribution in [2.24, 2.45) is 5.73 Å². The van der Waals surface area contributed by atoms with Crippen molar-refractivity contribution in [3.63, 3.8) is 0 Å². The Labute approximate surface area is 208 Å². The van der Waals surface area contributed by atoms with Gasteiger partial charge in [0, 0.05) is 37.4 Å². The molecular weight excluding hydrogens is 473 g/mol. The van der Waals surface area contributed by atoms with Crippen molar-refractivity contribution in [3.05, 3.63) is 58.7 Å². The van der Waals surface area contributed by atoms with Crippen molar-refractivity contribution >= 4 is 17.5 Å². The Morgan fingerprint density at radius 1 is 1.14 bits per heavy atom. The van der Waals surface area contributed by atoms with Crippen LogP contribution >= 0.6 is 0 Å². The number of hydrogen-bond acceptors (Lipinski definition) is 5. The summed E-state index contributed by atoms with van der Waals surface area (Å²) in [5.74, 6) is -1.03. The van der Waals surface area contributed by atoms with E-state index in [9.17, 15) is 22.8 Å². The lowest BCUT2D eigenvalue weighted by Crippen LogP contribution is -2.38. The quantitative estimate of drug-likeness (QED) is 0.624. The van der Waals surface area contributed by atoms with Gasteiger partial charge >= 0.3 is 6.18 Å². The minimum Gasteiger partial charge on any atom is -0.490 e. The van der Waals surface area contributed by atoms with Gasteiger partial charge in [-0.25, -0.2) is 0 Å². The van der Waals surface area contributed by atoms with E-state index in [4.69, 9.17) is 10.5 Å². The van der Waals surface area contributed by atoms with Crippen LogP contribution in [0, 0.1) is 0 Å². The summed E-state index contributed by atoms with van der Waals surface area (Å²) in [7, 11) is 1.97. The molecule has 1 saturated heterocycles. The van der Waals surface area contributed by atoms with Gasteiger partial charge in [0.05, 0.1) is 12.1 Å². The first-order valence-electron chi connectivity index (χ1n) is 12.0. The maximum absolute atomic E-state index is 13.8. The number of nitrogens with two attached hydrogens (primary N) is 1. The SMILES string of the molecule is C[C@H]1CN(CC(N)=O)Cc2cc(C(=O)Nc3ccc(OC4CCN(C)CC4)c(C(F)(F)F)c3)ccc21. The Kier molecular flexibility index (Phi) is 7.56. The lowest BCUT2D eigenvalue weighted by Gasteiger charge is -2.32. The Hall–Kier alpha value is -3.11. The van der Waals surface area contributed by atoms with E-state index in [1.54, 1.807) is 12.1 Å². The number of amides is 2. The third-order valence-corrected chi connectivity index (χ3v) is 6.74. The van der Waals surface area contributed by atoms with Gasteiger partial charge in [-0.2, -0.15) is 13.2 Å². The van der Waals surface area contributed by atoms with Crippen molar-refractivity contribution in [2.75, 3.05) is 38.5 Å². The maximum atomic E-state index is 13.8. The number of fused-ring (bicyclic) bond motifs is 1. The Balaban J connectivity index is 1.51. The van der Waals surface area contributed by atoms with Gasteiger partial charge in [0.2, 0.25) is 5.91 Å². The second-order valence-corrected chi connectivity index (χ2v) is 9.73. The van der Waals surface area contributed by atoms with Crippen LogP contribution < -0.4 is 15.8 Å². The van der Waals surface area contributed by atoms with Crippen LogP contribution in [0.3, 0.4) is 0 Å². The van der Waals surface area contributed by atoms with E-state index in [0.29, 0.717) is 31.5 Å². The second-order valence-electron chi connectivity index (χ2n) is 9.73. The molecule has 0 aromatic heterocycles. The first-order chi connectivity index (χ1) is 17.0. The summed E-state index contributed by atoms with van der Waals surface area (Å²) >= 11 is 0. The van der Waals surface area contributed by atoms with Crippen molar-refractivity contribution < 1.29 is 27.5 Å². The number of likely N-dealkylation sites (tertiary alicyclic amines) is 1. The predicted octanol–water partition coefficient (Wildman–Crippen LogP) is 3.84. The van der Waals surface area contributed by atoms with Gasteiger partial charge in [0.1, 0.15) is 11.9 Å². The minimum atomic E-state index is -4.63. The van der Waals surface area contributed by atoms with Crippen molar-refractivity contribution in [1.82, 2.24) is 9.80 Å². The largest absolute Gasteiger partial charge is 0.490 e. The molecule has 0 radical (unpaired) electrons. The average Bonchev–Trinajstić information content (AvgIpc) is 2.80. The van der Waals surface area contributed by atoms with E-state index in [0.717, 1.165) is 30.3 Å². The highest BCUT2D eigenvalue weighted by molar-refractivity contribution is 6.04. The van der Waals surface area contributed by atoms with Gasteiger partial charge < -0.3 is 20.7 Å². The van der Waals surface area contributed by atoms with E-state index in [-0.39, 0.29) is 30.0 Å². The third-order valence-electron chi connectivity index (χ3n) is 6.74. The molecule has 0 aliphatic carbocycles. The summed E-state index contributed by atoms with van der Waals surface area (Å²) in [6.07, 6.45) is -3.61. The molecule has 2 aromatic carbocycles. The highest BCUT2D eigenvalue weighted by atomic mass is 19.4. The van der Waals surface area contributed by atoms with E-state index in [2.05, 4.69) is 10.2 Å². The Bertz CT molecular complexity index is 1130. The van der Waals surface area contributed by atoms with Crippen LogP contribution in [0.25, 0.3) is 0 Å². The zero-order valence-electron chi connectivity index (χ0n) is 20.4. The topological polar surface area (TPSA) is 87.9 Å². The first kappa shape index (κ1) is 26.0. The Morgan fingerprint density at radius 3 is 2.53 bits per heavy atom. The fraction of sp³-hybridized carbons (Fsp3) is 0.462. The Morgan fingerprint density at radius 2 is 1.86 bits per heavy atom. The molecule has 4 rings (SSSR count). The molecule has 0 bridgehead atoms. The van der Waals surface area contributed by atoms with Gasteiger partial charge in [-0.3, -0.25) is 14.5 Å². The van der Waals surface area contributed by atoms with E-state index < -0.39 is 23.6 Å². The number of carbonyl (C=O) groups is 2. The van der Waals surface area contributed by atoms with Crippen LogP contribution in [-0.2, 0) is 17.5 Å². The van der Waals surface area contributed by atoms with Crippen LogP contribution in [0.2, 0.25) is 0 Å². The molecule has 2 amide bonds. The predicted molar refractivity (Wildman–Crippen MR) is 130 cm³/mol. The van der Waals surface area contributed by atoms with E-state index >= 15 is 0 Å². The standard InChI is InChI=1S/C26H31F3N4O3/c1-16-13-33(15-24(30)34)14-18-11-17(3-5-21(16)18)25(35)31-19-4-6-23(22(12-19)26(27,28)29)36-20-7-9-32(2)10-8-20/h3-6,11-12,16,20H,7-10,13-15H2,1-2H3,(H2,30,34)(H,31,35)/t16-/m0/s1. The third kappa shape index (κ3) is 6.17. The van der Waals surface area contributed by atoms with Crippen molar-refractivity contribution in [1.29, 1.82) is 0 Å².